The summed E-state index contributed by atoms with van der Waals surface area (Å²) in [6.45, 7) is 0. The van der Waals surface area contributed by atoms with E-state index in [9.17, 15) is 4.79 Å². The van der Waals surface area contributed by atoms with Crippen molar-refractivity contribution < 1.29 is 9.90 Å². The van der Waals surface area contributed by atoms with E-state index < -0.39 is 5.97 Å². The molecule has 3 heteroatoms. The number of carboxylic acids is 1. The van der Waals surface area contributed by atoms with Gasteiger partial charge in [-0.1, -0.05) is 18.2 Å². The molecule has 3 nitrogen and oxygen atoms in total. The van der Waals surface area contributed by atoms with Gasteiger partial charge < -0.3 is 10.0 Å². The second kappa shape index (κ2) is 3.33. The fraction of sp³-hybridized carbons (Fsp3) is 0.364. The van der Waals surface area contributed by atoms with Gasteiger partial charge in [0.1, 0.15) is 0 Å². The van der Waals surface area contributed by atoms with Crippen LogP contribution in [-0.4, -0.2) is 24.2 Å². The Morgan fingerprint density at radius 3 is 2.57 bits per heavy atom. The number of rotatable bonds is 3. The smallest absolute Gasteiger partial charge is 0.308 e. The van der Waals surface area contributed by atoms with Crippen LogP contribution >= 0.6 is 0 Å². The molecular formula is C11H13NO2. The lowest BCUT2D eigenvalue weighted by atomic mass is 10.3. The van der Waals surface area contributed by atoms with E-state index in [4.69, 9.17) is 5.11 Å². The number of hydrogen-bond donors (Lipinski definition) is 1. The molecule has 1 aromatic rings. The highest BCUT2D eigenvalue weighted by atomic mass is 16.4. The van der Waals surface area contributed by atoms with Crippen LogP contribution in [0.5, 0.6) is 0 Å². The number of carbonyl (C=O) groups is 1. The first-order valence-corrected chi connectivity index (χ1v) is 4.71. The molecule has 0 radical (unpaired) electrons. The van der Waals surface area contributed by atoms with Gasteiger partial charge in [0, 0.05) is 18.8 Å². The minimum absolute atomic E-state index is 0.176. The first-order chi connectivity index (χ1) is 6.70. The Labute approximate surface area is 83.0 Å². The third-order valence-electron chi connectivity index (χ3n) is 2.73. The highest BCUT2D eigenvalue weighted by molar-refractivity contribution is 5.76. The van der Waals surface area contributed by atoms with Crippen LogP contribution in [0.1, 0.15) is 6.42 Å². The SMILES string of the molecule is CN(c1ccccc1)C1CC1C(=O)O. The standard InChI is InChI=1S/C11H13NO2/c1-12(8-5-3-2-4-6-8)10-7-9(10)11(13)14/h2-6,9-10H,7H2,1H3,(H,13,14). The van der Waals surface area contributed by atoms with E-state index in [-0.39, 0.29) is 12.0 Å². The summed E-state index contributed by atoms with van der Waals surface area (Å²) in [4.78, 5) is 12.7. The molecule has 0 amide bonds. The van der Waals surface area contributed by atoms with Gasteiger partial charge in [-0.3, -0.25) is 4.79 Å². The Balaban J connectivity index is 2.05. The molecule has 14 heavy (non-hydrogen) atoms. The highest BCUT2D eigenvalue weighted by Crippen LogP contribution is 2.37. The highest BCUT2D eigenvalue weighted by Gasteiger charge is 2.46. The van der Waals surface area contributed by atoms with Gasteiger partial charge in [0.2, 0.25) is 0 Å². The Hall–Kier alpha value is -1.51. The molecule has 2 rings (SSSR count). The molecule has 1 aromatic carbocycles. The van der Waals surface area contributed by atoms with Crippen LogP contribution in [0.15, 0.2) is 30.3 Å². The molecule has 0 saturated heterocycles. The summed E-state index contributed by atoms with van der Waals surface area (Å²) in [6, 6.07) is 10.1. The van der Waals surface area contributed by atoms with Gasteiger partial charge in [0.05, 0.1) is 5.92 Å². The Kier molecular flexibility index (Phi) is 2.15. The van der Waals surface area contributed by atoms with Crippen LogP contribution in [0.3, 0.4) is 0 Å². The fourth-order valence-electron chi connectivity index (χ4n) is 1.73. The summed E-state index contributed by atoms with van der Waals surface area (Å²) in [7, 11) is 1.95. The lowest BCUT2D eigenvalue weighted by Gasteiger charge is -2.18. The molecule has 1 aliphatic rings. The average molecular weight is 191 g/mol. The molecule has 2 unspecified atom stereocenters. The molecular weight excluding hydrogens is 178 g/mol. The normalized spacial score (nSPS) is 24.4. The molecule has 74 valence electrons. The number of aliphatic carboxylic acids is 1. The molecule has 0 spiro atoms. The molecule has 0 aliphatic heterocycles. The second-order valence-corrected chi connectivity index (χ2v) is 3.69. The topological polar surface area (TPSA) is 40.5 Å². The molecule has 1 saturated carbocycles. The zero-order valence-corrected chi connectivity index (χ0v) is 8.05. The number of para-hydroxylation sites is 1. The third kappa shape index (κ3) is 1.58. The summed E-state index contributed by atoms with van der Waals surface area (Å²) in [5.74, 6) is -0.863. The van der Waals surface area contributed by atoms with Crippen LogP contribution in [0.25, 0.3) is 0 Å². The maximum absolute atomic E-state index is 10.7. The number of anilines is 1. The summed E-state index contributed by atoms with van der Waals surface area (Å²) in [5, 5.41) is 8.79. The van der Waals surface area contributed by atoms with E-state index in [1.165, 1.54) is 0 Å². The molecule has 1 N–H and O–H groups in total. The molecule has 1 aliphatic carbocycles. The monoisotopic (exact) mass is 191 g/mol. The first-order valence-electron chi connectivity index (χ1n) is 4.71. The third-order valence-corrected chi connectivity index (χ3v) is 2.73. The van der Waals surface area contributed by atoms with Gasteiger partial charge >= 0.3 is 5.97 Å². The number of benzene rings is 1. The van der Waals surface area contributed by atoms with E-state index in [1.54, 1.807) is 0 Å². The van der Waals surface area contributed by atoms with Crippen molar-refractivity contribution in [2.24, 2.45) is 5.92 Å². The largest absolute Gasteiger partial charge is 0.481 e. The van der Waals surface area contributed by atoms with Crippen LogP contribution in [0, 0.1) is 5.92 Å². The van der Waals surface area contributed by atoms with Crippen LogP contribution in [0.2, 0.25) is 0 Å². The van der Waals surface area contributed by atoms with Gasteiger partial charge in [-0.25, -0.2) is 0 Å². The van der Waals surface area contributed by atoms with E-state index in [0.717, 1.165) is 12.1 Å². The first kappa shape index (κ1) is 9.06. The lowest BCUT2D eigenvalue weighted by molar-refractivity contribution is -0.138. The molecule has 1 fully saturated rings. The predicted molar refractivity (Wildman–Crippen MR) is 54.4 cm³/mol. The minimum atomic E-state index is -0.683. The van der Waals surface area contributed by atoms with Gasteiger partial charge in [0.15, 0.2) is 0 Å². The molecule has 0 heterocycles. The van der Waals surface area contributed by atoms with Crippen LogP contribution in [-0.2, 0) is 4.79 Å². The van der Waals surface area contributed by atoms with E-state index in [0.29, 0.717) is 0 Å². The van der Waals surface area contributed by atoms with Crippen molar-refractivity contribution in [1.82, 2.24) is 0 Å². The van der Waals surface area contributed by atoms with Crippen LogP contribution < -0.4 is 4.90 Å². The van der Waals surface area contributed by atoms with Crippen molar-refractivity contribution >= 4 is 11.7 Å². The molecule has 0 bridgehead atoms. The minimum Gasteiger partial charge on any atom is -0.481 e. The van der Waals surface area contributed by atoms with Crippen molar-refractivity contribution in [1.29, 1.82) is 0 Å². The average Bonchev–Trinajstić information content (AvgIpc) is 2.97. The number of carboxylic acid groups (broad SMARTS) is 1. The van der Waals surface area contributed by atoms with Crippen molar-refractivity contribution in [2.45, 2.75) is 12.5 Å². The predicted octanol–water partition coefficient (Wildman–Crippen LogP) is 1.60. The van der Waals surface area contributed by atoms with Crippen molar-refractivity contribution in [3.8, 4) is 0 Å². The Bertz CT molecular complexity index is 336. The number of nitrogens with zero attached hydrogens (tertiary/aromatic N) is 1. The Morgan fingerprint density at radius 2 is 2.07 bits per heavy atom. The fourth-order valence-corrected chi connectivity index (χ4v) is 1.73. The molecule has 2 atom stereocenters. The van der Waals surface area contributed by atoms with Crippen molar-refractivity contribution in [3.05, 3.63) is 30.3 Å². The van der Waals surface area contributed by atoms with Gasteiger partial charge in [-0.05, 0) is 18.6 Å². The maximum atomic E-state index is 10.7. The van der Waals surface area contributed by atoms with E-state index >= 15 is 0 Å². The van der Waals surface area contributed by atoms with Gasteiger partial charge in [-0.15, -0.1) is 0 Å². The van der Waals surface area contributed by atoms with Crippen molar-refractivity contribution in [3.63, 3.8) is 0 Å². The van der Waals surface area contributed by atoms with E-state index in [2.05, 4.69) is 0 Å². The summed E-state index contributed by atoms with van der Waals surface area (Å²) in [6.07, 6.45) is 0.765. The zero-order chi connectivity index (χ0) is 10.1. The zero-order valence-electron chi connectivity index (χ0n) is 8.05. The quantitative estimate of drug-likeness (QED) is 0.788. The summed E-state index contributed by atoms with van der Waals surface area (Å²) in [5.41, 5.74) is 1.08. The Morgan fingerprint density at radius 1 is 1.43 bits per heavy atom. The van der Waals surface area contributed by atoms with Crippen LogP contribution in [0.4, 0.5) is 5.69 Å². The molecule has 0 aromatic heterocycles. The lowest BCUT2D eigenvalue weighted by Crippen LogP contribution is -2.23. The second-order valence-electron chi connectivity index (χ2n) is 3.69. The van der Waals surface area contributed by atoms with Crippen molar-refractivity contribution in [2.75, 3.05) is 11.9 Å². The van der Waals surface area contributed by atoms with Gasteiger partial charge in [-0.2, -0.15) is 0 Å². The summed E-state index contributed by atoms with van der Waals surface area (Å²) >= 11 is 0. The van der Waals surface area contributed by atoms with E-state index in [1.807, 2.05) is 42.3 Å². The maximum Gasteiger partial charge on any atom is 0.308 e. The van der Waals surface area contributed by atoms with Gasteiger partial charge in [0.25, 0.3) is 0 Å². The summed E-state index contributed by atoms with van der Waals surface area (Å²) < 4.78 is 0. The number of hydrogen-bond acceptors (Lipinski definition) is 2.